The molecule has 0 spiro atoms. The zero-order chi connectivity index (χ0) is 16.7. The predicted octanol–water partition coefficient (Wildman–Crippen LogP) is 6.14. The van der Waals surface area contributed by atoms with E-state index in [0.717, 1.165) is 12.2 Å². The number of thioether (sulfide) groups is 1. The van der Waals surface area contributed by atoms with Crippen LogP contribution in [0.2, 0.25) is 10.0 Å². The molecule has 1 aliphatic heterocycles. The average molecular weight is 378 g/mol. The number of hydrogen-bond acceptors (Lipinski definition) is 2. The fourth-order valence-corrected chi connectivity index (χ4v) is 5.14. The van der Waals surface area contributed by atoms with Crippen LogP contribution in [0.15, 0.2) is 47.5 Å². The van der Waals surface area contributed by atoms with Gasteiger partial charge in [-0.05, 0) is 36.2 Å². The molecule has 1 aromatic heterocycles. The third kappa shape index (κ3) is 2.79. The molecule has 124 valence electrons. The molecule has 3 aromatic rings. The number of aryl methyl sites for hydroxylation is 1. The van der Waals surface area contributed by atoms with Crippen molar-refractivity contribution in [1.29, 1.82) is 0 Å². The van der Waals surface area contributed by atoms with Gasteiger partial charge < -0.3 is 9.30 Å². The maximum absolute atomic E-state index is 6.23. The molecule has 1 aliphatic rings. The lowest BCUT2D eigenvalue weighted by Crippen LogP contribution is -2.15. The van der Waals surface area contributed by atoms with Crippen molar-refractivity contribution in [3.8, 4) is 5.75 Å². The minimum Gasteiger partial charge on any atom is -0.491 e. The summed E-state index contributed by atoms with van der Waals surface area (Å²) in [5.41, 5.74) is 2.70. The molecule has 1 atom stereocenters. The van der Waals surface area contributed by atoms with Crippen LogP contribution in [-0.2, 0) is 7.05 Å². The third-order valence-electron chi connectivity index (χ3n) is 4.54. The Bertz CT molecular complexity index is 906. The highest BCUT2D eigenvalue weighted by molar-refractivity contribution is 7.99. The van der Waals surface area contributed by atoms with Crippen molar-refractivity contribution < 1.29 is 4.74 Å². The van der Waals surface area contributed by atoms with Crippen LogP contribution < -0.4 is 4.74 Å². The summed E-state index contributed by atoms with van der Waals surface area (Å²) in [5.74, 6) is 2.18. The molecule has 0 aliphatic carbocycles. The zero-order valence-electron chi connectivity index (χ0n) is 13.3. The van der Waals surface area contributed by atoms with Gasteiger partial charge in [-0.15, -0.1) is 11.8 Å². The lowest BCUT2D eigenvalue weighted by Gasteiger charge is -2.24. The summed E-state index contributed by atoms with van der Waals surface area (Å²) in [6.45, 7) is 0.628. The smallest absolute Gasteiger partial charge is 0.138 e. The van der Waals surface area contributed by atoms with Crippen molar-refractivity contribution in [2.45, 2.75) is 17.4 Å². The number of aromatic nitrogens is 1. The van der Waals surface area contributed by atoms with E-state index in [9.17, 15) is 0 Å². The second kappa shape index (κ2) is 6.55. The molecule has 0 saturated heterocycles. The number of benzene rings is 2. The van der Waals surface area contributed by atoms with E-state index in [-0.39, 0.29) is 0 Å². The second-order valence-corrected chi connectivity index (χ2v) is 7.94. The lowest BCUT2D eigenvalue weighted by molar-refractivity contribution is 0.283. The Balaban J connectivity index is 1.66. The van der Waals surface area contributed by atoms with Gasteiger partial charge in [0.1, 0.15) is 5.75 Å². The third-order valence-corrected chi connectivity index (χ3v) is 6.28. The normalized spacial score (nSPS) is 17.0. The largest absolute Gasteiger partial charge is 0.491 e. The van der Waals surface area contributed by atoms with E-state index in [2.05, 4.69) is 35.9 Å². The second-order valence-electron chi connectivity index (χ2n) is 6.01. The first-order valence-electron chi connectivity index (χ1n) is 7.93. The van der Waals surface area contributed by atoms with Crippen LogP contribution in [0.25, 0.3) is 10.9 Å². The maximum atomic E-state index is 6.23. The number of nitrogens with zero attached hydrogens (tertiary/aromatic N) is 1. The summed E-state index contributed by atoms with van der Waals surface area (Å²) >= 11 is 14.1. The van der Waals surface area contributed by atoms with Crippen molar-refractivity contribution in [2.24, 2.45) is 7.05 Å². The van der Waals surface area contributed by atoms with E-state index in [1.807, 2.05) is 23.9 Å². The maximum Gasteiger partial charge on any atom is 0.138 e. The average Bonchev–Trinajstić information content (AvgIpc) is 2.88. The molecule has 2 heterocycles. The van der Waals surface area contributed by atoms with Crippen LogP contribution >= 0.6 is 35.0 Å². The minimum absolute atomic E-state index is 0.374. The van der Waals surface area contributed by atoms with Gasteiger partial charge in [-0.2, -0.15) is 0 Å². The predicted molar refractivity (Wildman–Crippen MR) is 103 cm³/mol. The standard InChI is InChI=1S/C19H17Cl2NOS/c1-22-16-5-3-2-4-14(16)18-12(8-9-24-19(18)22)11-23-17-7-6-13(20)10-15(17)21/h2-7,10,12H,8-9,11H2,1H3. The lowest BCUT2D eigenvalue weighted by atomic mass is 9.96. The number of ether oxygens (including phenoxy) is 1. The van der Waals surface area contributed by atoms with E-state index in [4.69, 9.17) is 27.9 Å². The number of hydrogen-bond donors (Lipinski definition) is 0. The Kier molecular flexibility index (Phi) is 4.42. The quantitative estimate of drug-likeness (QED) is 0.543. The SMILES string of the molecule is Cn1c2c(c3ccccc31)C(COc1ccc(Cl)cc1Cl)CCS2. The summed E-state index contributed by atoms with van der Waals surface area (Å²) in [5, 5.41) is 3.87. The van der Waals surface area contributed by atoms with Gasteiger partial charge in [-0.25, -0.2) is 0 Å². The van der Waals surface area contributed by atoms with E-state index in [1.54, 1.807) is 6.07 Å². The van der Waals surface area contributed by atoms with Crippen LogP contribution in [0.4, 0.5) is 0 Å². The fraction of sp³-hybridized carbons (Fsp3) is 0.263. The van der Waals surface area contributed by atoms with Gasteiger partial charge in [-0.3, -0.25) is 0 Å². The Hall–Kier alpha value is -1.29. The molecule has 2 nitrogen and oxygen atoms in total. The first-order chi connectivity index (χ1) is 11.6. The van der Waals surface area contributed by atoms with Crippen LogP contribution in [-0.4, -0.2) is 16.9 Å². The van der Waals surface area contributed by atoms with E-state index < -0.39 is 0 Å². The van der Waals surface area contributed by atoms with E-state index in [1.165, 1.54) is 21.5 Å². The monoisotopic (exact) mass is 377 g/mol. The topological polar surface area (TPSA) is 14.2 Å². The highest BCUT2D eigenvalue weighted by atomic mass is 35.5. The Morgan fingerprint density at radius 3 is 2.88 bits per heavy atom. The van der Waals surface area contributed by atoms with Gasteiger partial charge >= 0.3 is 0 Å². The van der Waals surface area contributed by atoms with Crippen molar-refractivity contribution in [2.75, 3.05) is 12.4 Å². The molecule has 5 heteroatoms. The first kappa shape index (κ1) is 16.2. The number of halogens is 2. The van der Waals surface area contributed by atoms with Crippen LogP contribution in [0, 0.1) is 0 Å². The molecular weight excluding hydrogens is 361 g/mol. The highest BCUT2D eigenvalue weighted by Crippen LogP contribution is 2.43. The van der Waals surface area contributed by atoms with Gasteiger partial charge in [0, 0.05) is 34.6 Å². The van der Waals surface area contributed by atoms with Crippen molar-refractivity contribution >= 4 is 45.9 Å². The Morgan fingerprint density at radius 2 is 2.04 bits per heavy atom. The molecule has 0 fully saturated rings. The van der Waals surface area contributed by atoms with Crippen molar-refractivity contribution in [3.05, 3.63) is 58.1 Å². The van der Waals surface area contributed by atoms with Crippen LogP contribution in [0.1, 0.15) is 17.9 Å². The van der Waals surface area contributed by atoms with Crippen molar-refractivity contribution in [1.82, 2.24) is 4.57 Å². The van der Waals surface area contributed by atoms with E-state index >= 15 is 0 Å². The Labute approximate surface area is 155 Å². The molecule has 24 heavy (non-hydrogen) atoms. The highest BCUT2D eigenvalue weighted by Gasteiger charge is 2.27. The first-order valence-corrected chi connectivity index (χ1v) is 9.67. The van der Waals surface area contributed by atoms with E-state index in [0.29, 0.717) is 28.3 Å². The fourth-order valence-electron chi connectivity index (χ4n) is 3.36. The number of para-hydroxylation sites is 1. The molecule has 4 rings (SSSR count). The molecule has 2 aromatic carbocycles. The van der Waals surface area contributed by atoms with Gasteiger partial charge in [0.2, 0.25) is 0 Å². The summed E-state index contributed by atoms with van der Waals surface area (Å²) in [6, 6.07) is 14.0. The van der Waals surface area contributed by atoms with Crippen LogP contribution in [0.3, 0.4) is 0 Å². The minimum atomic E-state index is 0.374. The molecule has 0 saturated carbocycles. The summed E-state index contributed by atoms with van der Waals surface area (Å²) in [7, 11) is 2.15. The Morgan fingerprint density at radius 1 is 1.21 bits per heavy atom. The molecule has 0 N–H and O–H groups in total. The summed E-state index contributed by atoms with van der Waals surface area (Å²) < 4.78 is 8.34. The molecule has 0 amide bonds. The molecule has 0 radical (unpaired) electrons. The summed E-state index contributed by atoms with van der Waals surface area (Å²) in [6.07, 6.45) is 1.11. The summed E-state index contributed by atoms with van der Waals surface area (Å²) in [4.78, 5) is 0. The molecule has 1 unspecified atom stereocenters. The molecular formula is C19H17Cl2NOS. The van der Waals surface area contributed by atoms with Gasteiger partial charge in [0.05, 0.1) is 16.7 Å². The number of rotatable bonds is 3. The van der Waals surface area contributed by atoms with Gasteiger partial charge in [0.15, 0.2) is 0 Å². The zero-order valence-corrected chi connectivity index (χ0v) is 15.6. The van der Waals surface area contributed by atoms with Crippen molar-refractivity contribution in [3.63, 3.8) is 0 Å². The van der Waals surface area contributed by atoms with Crippen LogP contribution in [0.5, 0.6) is 5.75 Å². The number of fused-ring (bicyclic) bond motifs is 3. The molecule has 0 bridgehead atoms. The van der Waals surface area contributed by atoms with Gasteiger partial charge in [-0.1, -0.05) is 41.4 Å². The van der Waals surface area contributed by atoms with Gasteiger partial charge in [0.25, 0.3) is 0 Å².